The molecule has 4 heteroatoms. The number of hydrogen-bond donors (Lipinski definition) is 1. The lowest BCUT2D eigenvalue weighted by molar-refractivity contribution is -0.112. The predicted molar refractivity (Wildman–Crippen MR) is 82.7 cm³/mol. The summed E-state index contributed by atoms with van der Waals surface area (Å²) in [6.07, 6.45) is 0. The van der Waals surface area contributed by atoms with Crippen molar-refractivity contribution in [3.05, 3.63) is 59.2 Å². The first-order valence-electron chi connectivity index (χ1n) is 6.81. The van der Waals surface area contributed by atoms with Crippen molar-refractivity contribution < 1.29 is 9.59 Å². The number of amides is 1. The van der Waals surface area contributed by atoms with E-state index in [2.05, 4.69) is 41.4 Å². The Bertz CT molecular complexity index is 720. The maximum atomic E-state index is 11.6. The third-order valence-electron chi connectivity index (χ3n) is 3.68. The summed E-state index contributed by atoms with van der Waals surface area (Å²) in [6, 6.07) is 13.8. The second-order valence-corrected chi connectivity index (χ2v) is 5.35. The SMILES string of the molecule is Cc1ccc(CN(C)c2ccc3c(c2)NC(=O)C3=O)cc1. The van der Waals surface area contributed by atoms with Crippen LogP contribution in [0.25, 0.3) is 0 Å². The highest BCUT2D eigenvalue weighted by Gasteiger charge is 2.28. The lowest BCUT2D eigenvalue weighted by Gasteiger charge is -2.20. The lowest BCUT2D eigenvalue weighted by atomic mass is 10.1. The first-order valence-corrected chi connectivity index (χ1v) is 6.81. The van der Waals surface area contributed by atoms with Gasteiger partial charge in [0.1, 0.15) is 0 Å². The Morgan fingerprint density at radius 2 is 1.76 bits per heavy atom. The van der Waals surface area contributed by atoms with Crippen LogP contribution in [-0.2, 0) is 11.3 Å². The quantitative estimate of drug-likeness (QED) is 0.879. The normalized spacial score (nSPS) is 13.0. The van der Waals surface area contributed by atoms with Gasteiger partial charge >= 0.3 is 0 Å². The number of fused-ring (bicyclic) bond motifs is 1. The van der Waals surface area contributed by atoms with Gasteiger partial charge < -0.3 is 10.2 Å². The molecule has 0 bridgehead atoms. The highest BCUT2D eigenvalue weighted by atomic mass is 16.2. The van der Waals surface area contributed by atoms with E-state index < -0.39 is 11.7 Å². The molecular weight excluding hydrogens is 264 g/mol. The highest BCUT2D eigenvalue weighted by Crippen LogP contribution is 2.28. The van der Waals surface area contributed by atoms with E-state index in [0.29, 0.717) is 11.3 Å². The Morgan fingerprint density at radius 1 is 1.05 bits per heavy atom. The number of carbonyl (C=O) groups is 2. The molecule has 2 aromatic carbocycles. The van der Waals surface area contributed by atoms with Crippen molar-refractivity contribution >= 4 is 23.1 Å². The van der Waals surface area contributed by atoms with Crippen molar-refractivity contribution in [1.29, 1.82) is 0 Å². The molecule has 1 aliphatic rings. The fourth-order valence-corrected chi connectivity index (χ4v) is 2.43. The summed E-state index contributed by atoms with van der Waals surface area (Å²) in [5.74, 6) is -1.01. The molecule has 0 fully saturated rings. The zero-order valence-electron chi connectivity index (χ0n) is 12.0. The third-order valence-corrected chi connectivity index (χ3v) is 3.68. The van der Waals surface area contributed by atoms with Crippen LogP contribution in [0.2, 0.25) is 0 Å². The van der Waals surface area contributed by atoms with Crippen LogP contribution < -0.4 is 10.2 Å². The van der Waals surface area contributed by atoms with Gasteiger partial charge in [0.2, 0.25) is 0 Å². The summed E-state index contributed by atoms with van der Waals surface area (Å²) >= 11 is 0. The van der Waals surface area contributed by atoms with Crippen molar-refractivity contribution in [2.45, 2.75) is 13.5 Å². The summed E-state index contributed by atoms with van der Waals surface area (Å²) in [7, 11) is 1.99. The van der Waals surface area contributed by atoms with Gasteiger partial charge in [-0.15, -0.1) is 0 Å². The molecule has 0 radical (unpaired) electrons. The van der Waals surface area contributed by atoms with E-state index in [1.165, 1.54) is 11.1 Å². The number of nitrogens with zero attached hydrogens (tertiary/aromatic N) is 1. The number of rotatable bonds is 3. The molecular formula is C17H16N2O2. The molecule has 0 spiro atoms. The van der Waals surface area contributed by atoms with Gasteiger partial charge in [-0.05, 0) is 30.7 Å². The first kappa shape index (κ1) is 13.4. The van der Waals surface area contributed by atoms with Crippen LogP contribution in [0.1, 0.15) is 21.5 Å². The Kier molecular flexibility index (Phi) is 3.22. The van der Waals surface area contributed by atoms with E-state index in [9.17, 15) is 9.59 Å². The summed E-state index contributed by atoms with van der Waals surface area (Å²) in [5, 5.41) is 2.60. The second kappa shape index (κ2) is 5.05. The third kappa shape index (κ3) is 2.52. The zero-order valence-corrected chi connectivity index (χ0v) is 12.0. The smallest absolute Gasteiger partial charge is 0.296 e. The molecule has 1 heterocycles. The first-order chi connectivity index (χ1) is 10.0. The van der Waals surface area contributed by atoms with E-state index in [0.717, 1.165) is 12.2 Å². The largest absolute Gasteiger partial charge is 0.370 e. The van der Waals surface area contributed by atoms with Crippen molar-refractivity contribution in [1.82, 2.24) is 0 Å². The van der Waals surface area contributed by atoms with Crippen LogP contribution in [0, 0.1) is 6.92 Å². The topological polar surface area (TPSA) is 49.4 Å². The van der Waals surface area contributed by atoms with E-state index in [1.807, 2.05) is 19.2 Å². The molecule has 0 saturated heterocycles. The van der Waals surface area contributed by atoms with Crippen molar-refractivity contribution in [3.8, 4) is 0 Å². The second-order valence-electron chi connectivity index (χ2n) is 5.35. The Morgan fingerprint density at radius 3 is 2.48 bits per heavy atom. The van der Waals surface area contributed by atoms with Crippen LogP contribution in [0.4, 0.5) is 11.4 Å². The molecule has 2 aromatic rings. The number of nitrogens with one attached hydrogen (secondary N) is 1. The Labute approximate surface area is 123 Å². The average molecular weight is 280 g/mol. The number of anilines is 2. The minimum atomic E-state index is -0.552. The molecule has 0 atom stereocenters. The summed E-state index contributed by atoms with van der Waals surface area (Å²) in [5.41, 5.74) is 4.46. The Hall–Kier alpha value is -2.62. The maximum absolute atomic E-state index is 11.6. The predicted octanol–water partition coefficient (Wildman–Crippen LogP) is 2.77. The van der Waals surface area contributed by atoms with Crippen molar-refractivity contribution in [3.63, 3.8) is 0 Å². The molecule has 1 N–H and O–H groups in total. The molecule has 0 unspecified atom stereocenters. The van der Waals surface area contributed by atoms with E-state index in [4.69, 9.17) is 0 Å². The van der Waals surface area contributed by atoms with Gasteiger partial charge in [-0.3, -0.25) is 9.59 Å². The molecule has 1 amide bonds. The fraction of sp³-hybridized carbons (Fsp3) is 0.176. The average Bonchev–Trinajstić information content (AvgIpc) is 2.76. The van der Waals surface area contributed by atoms with E-state index in [-0.39, 0.29) is 0 Å². The Balaban J connectivity index is 1.81. The monoisotopic (exact) mass is 280 g/mol. The van der Waals surface area contributed by atoms with Crippen LogP contribution in [0.3, 0.4) is 0 Å². The van der Waals surface area contributed by atoms with Crippen molar-refractivity contribution in [2.24, 2.45) is 0 Å². The van der Waals surface area contributed by atoms with Crippen molar-refractivity contribution in [2.75, 3.05) is 17.3 Å². The number of hydrogen-bond acceptors (Lipinski definition) is 3. The number of benzene rings is 2. The number of ketones is 1. The molecule has 0 aliphatic carbocycles. The van der Waals surface area contributed by atoms with Gasteiger partial charge in [0.15, 0.2) is 0 Å². The molecule has 0 saturated carbocycles. The standard InChI is InChI=1S/C17H16N2O2/c1-11-3-5-12(6-4-11)10-19(2)13-7-8-14-15(9-13)18-17(21)16(14)20/h3-9H,10H2,1-2H3,(H,18,20,21). The molecule has 21 heavy (non-hydrogen) atoms. The minimum absolute atomic E-state index is 0.451. The lowest BCUT2D eigenvalue weighted by Crippen LogP contribution is -2.16. The number of aryl methyl sites for hydroxylation is 1. The van der Waals surface area contributed by atoms with E-state index in [1.54, 1.807) is 6.07 Å². The zero-order chi connectivity index (χ0) is 15.0. The van der Waals surface area contributed by atoms with Crippen LogP contribution in [-0.4, -0.2) is 18.7 Å². The van der Waals surface area contributed by atoms with Gasteiger partial charge in [-0.25, -0.2) is 0 Å². The highest BCUT2D eigenvalue weighted by molar-refractivity contribution is 6.51. The molecule has 4 nitrogen and oxygen atoms in total. The van der Waals surface area contributed by atoms with Crippen LogP contribution in [0.5, 0.6) is 0 Å². The number of carbonyl (C=O) groups excluding carboxylic acids is 2. The van der Waals surface area contributed by atoms with Crippen LogP contribution >= 0.6 is 0 Å². The molecule has 106 valence electrons. The summed E-state index contributed by atoms with van der Waals surface area (Å²) in [4.78, 5) is 25.0. The molecule has 3 rings (SSSR count). The van der Waals surface area contributed by atoms with E-state index >= 15 is 0 Å². The molecule has 0 aromatic heterocycles. The van der Waals surface area contributed by atoms with Gasteiger partial charge in [0.25, 0.3) is 11.7 Å². The van der Waals surface area contributed by atoms with Crippen LogP contribution in [0.15, 0.2) is 42.5 Å². The van der Waals surface area contributed by atoms with Gasteiger partial charge in [-0.1, -0.05) is 29.8 Å². The summed E-state index contributed by atoms with van der Waals surface area (Å²) < 4.78 is 0. The van der Waals surface area contributed by atoms with Gasteiger partial charge in [0.05, 0.1) is 11.3 Å². The summed E-state index contributed by atoms with van der Waals surface area (Å²) in [6.45, 7) is 2.83. The molecule has 1 aliphatic heterocycles. The van der Waals surface area contributed by atoms with Gasteiger partial charge in [0, 0.05) is 19.3 Å². The number of Topliss-reactive ketones (excluding diaryl/α,β-unsaturated/α-hetero) is 1. The maximum Gasteiger partial charge on any atom is 0.296 e. The fourth-order valence-electron chi connectivity index (χ4n) is 2.43. The minimum Gasteiger partial charge on any atom is -0.370 e. The van der Waals surface area contributed by atoms with Gasteiger partial charge in [-0.2, -0.15) is 0 Å².